The van der Waals surface area contributed by atoms with Crippen molar-refractivity contribution in [1.82, 2.24) is 10.3 Å². The second kappa shape index (κ2) is 9.64. The highest BCUT2D eigenvalue weighted by Crippen LogP contribution is 2.27. The van der Waals surface area contributed by atoms with Gasteiger partial charge in [-0.15, -0.1) is 0 Å². The number of nitrogens with one attached hydrogen (secondary N) is 2. The first-order valence-corrected chi connectivity index (χ1v) is 8.36. The van der Waals surface area contributed by atoms with Crippen LogP contribution >= 0.6 is 0 Å². The number of pyridine rings is 1. The number of aromatic nitrogens is 1. The molecule has 0 saturated heterocycles. The minimum atomic E-state index is -0.189. The smallest absolute Gasteiger partial charge is 0.269 e. The Bertz CT molecular complexity index is 672. The number of nitrogens with zero attached hydrogens (tertiary/aromatic N) is 1. The molecule has 2 aromatic rings. The lowest BCUT2D eigenvalue weighted by atomic mass is 10.2. The Morgan fingerprint density at radius 2 is 2.00 bits per heavy atom. The Kier molecular flexibility index (Phi) is 7.22. The molecule has 0 aliphatic rings. The second-order valence-electron chi connectivity index (χ2n) is 5.82. The summed E-state index contributed by atoms with van der Waals surface area (Å²) in [6.45, 7) is 5.15. The van der Waals surface area contributed by atoms with E-state index in [0.29, 0.717) is 18.8 Å². The van der Waals surface area contributed by atoms with Crippen LogP contribution in [0.25, 0.3) is 0 Å². The standard InChI is InChI=1S/C19H25N3O3/c1-14(2)25-18-8-5-4-7-16(18)22-15-9-10-17(21-13-15)19(23)20-11-6-12-24-3/h4-5,7-10,13-14,22H,6,11-12H2,1-3H3,(H,20,23). The van der Waals surface area contributed by atoms with Gasteiger partial charge in [-0.05, 0) is 44.5 Å². The summed E-state index contributed by atoms with van der Waals surface area (Å²) < 4.78 is 10.7. The van der Waals surface area contributed by atoms with E-state index in [4.69, 9.17) is 9.47 Å². The maximum Gasteiger partial charge on any atom is 0.269 e. The number of amides is 1. The minimum absolute atomic E-state index is 0.0882. The number of carbonyl (C=O) groups is 1. The fraction of sp³-hybridized carbons (Fsp3) is 0.368. The molecular weight excluding hydrogens is 318 g/mol. The summed E-state index contributed by atoms with van der Waals surface area (Å²) >= 11 is 0. The quantitative estimate of drug-likeness (QED) is 0.683. The molecule has 0 radical (unpaired) electrons. The zero-order chi connectivity index (χ0) is 18.1. The van der Waals surface area contributed by atoms with Crippen molar-refractivity contribution in [3.63, 3.8) is 0 Å². The van der Waals surface area contributed by atoms with Gasteiger partial charge in [0, 0.05) is 20.3 Å². The van der Waals surface area contributed by atoms with Crippen molar-refractivity contribution in [3.05, 3.63) is 48.3 Å². The van der Waals surface area contributed by atoms with Crippen molar-refractivity contribution in [2.24, 2.45) is 0 Å². The van der Waals surface area contributed by atoms with Gasteiger partial charge in [-0.3, -0.25) is 4.79 Å². The highest BCUT2D eigenvalue weighted by Gasteiger charge is 2.08. The predicted molar refractivity (Wildman–Crippen MR) is 98.6 cm³/mol. The molecule has 0 aliphatic carbocycles. The minimum Gasteiger partial charge on any atom is -0.489 e. The molecule has 0 aliphatic heterocycles. The van der Waals surface area contributed by atoms with Crippen LogP contribution in [0, 0.1) is 0 Å². The highest BCUT2D eigenvalue weighted by atomic mass is 16.5. The van der Waals surface area contributed by atoms with Gasteiger partial charge in [0.2, 0.25) is 0 Å². The van der Waals surface area contributed by atoms with Gasteiger partial charge >= 0.3 is 0 Å². The normalized spacial score (nSPS) is 10.6. The first kappa shape index (κ1) is 18.7. The number of para-hydroxylation sites is 2. The van der Waals surface area contributed by atoms with Crippen molar-refractivity contribution in [2.75, 3.05) is 25.6 Å². The Labute approximate surface area is 148 Å². The summed E-state index contributed by atoms with van der Waals surface area (Å²) in [5.41, 5.74) is 2.03. The SMILES string of the molecule is COCCCNC(=O)c1ccc(Nc2ccccc2OC(C)C)cn1. The van der Waals surface area contributed by atoms with E-state index in [1.807, 2.05) is 44.2 Å². The lowest BCUT2D eigenvalue weighted by Gasteiger charge is -2.15. The fourth-order valence-corrected chi connectivity index (χ4v) is 2.19. The molecule has 0 saturated carbocycles. The second-order valence-corrected chi connectivity index (χ2v) is 5.82. The van der Waals surface area contributed by atoms with E-state index in [1.165, 1.54) is 0 Å². The number of ether oxygens (including phenoxy) is 2. The molecule has 1 aromatic carbocycles. The largest absolute Gasteiger partial charge is 0.489 e. The third kappa shape index (κ3) is 6.08. The third-order valence-electron chi connectivity index (χ3n) is 3.34. The van der Waals surface area contributed by atoms with Crippen molar-refractivity contribution < 1.29 is 14.3 Å². The summed E-state index contributed by atoms with van der Waals surface area (Å²) in [4.78, 5) is 16.2. The van der Waals surface area contributed by atoms with E-state index in [-0.39, 0.29) is 12.0 Å². The molecule has 1 amide bonds. The number of rotatable bonds is 9. The fourth-order valence-electron chi connectivity index (χ4n) is 2.19. The number of hydrogen-bond donors (Lipinski definition) is 2. The van der Waals surface area contributed by atoms with Gasteiger partial charge in [-0.1, -0.05) is 12.1 Å². The molecule has 1 aromatic heterocycles. The van der Waals surface area contributed by atoms with Crippen molar-refractivity contribution in [1.29, 1.82) is 0 Å². The third-order valence-corrected chi connectivity index (χ3v) is 3.34. The van der Waals surface area contributed by atoms with E-state index in [9.17, 15) is 4.79 Å². The number of methoxy groups -OCH3 is 1. The number of anilines is 2. The van der Waals surface area contributed by atoms with Gasteiger partial charge in [0.1, 0.15) is 11.4 Å². The summed E-state index contributed by atoms with van der Waals surface area (Å²) in [7, 11) is 1.64. The van der Waals surface area contributed by atoms with Gasteiger partial charge in [-0.2, -0.15) is 0 Å². The van der Waals surface area contributed by atoms with Crippen molar-refractivity contribution in [3.8, 4) is 5.75 Å². The van der Waals surface area contributed by atoms with Crippen LogP contribution in [0.1, 0.15) is 30.8 Å². The molecule has 0 fully saturated rings. The average molecular weight is 343 g/mol. The molecule has 0 bridgehead atoms. The molecular formula is C19H25N3O3. The van der Waals surface area contributed by atoms with E-state index in [1.54, 1.807) is 19.4 Å². The Morgan fingerprint density at radius 1 is 1.20 bits per heavy atom. The molecule has 6 nitrogen and oxygen atoms in total. The van der Waals surface area contributed by atoms with Gasteiger partial charge in [-0.25, -0.2) is 4.98 Å². The van der Waals surface area contributed by atoms with Crippen LogP contribution in [-0.4, -0.2) is 37.3 Å². The maximum atomic E-state index is 12.0. The van der Waals surface area contributed by atoms with Crippen LogP contribution in [0.4, 0.5) is 11.4 Å². The van der Waals surface area contributed by atoms with Gasteiger partial charge in [0.05, 0.1) is 23.7 Å². The van der Waals surface area contributed by atoms with Gasteiger partial charge < -0.3 is 20.1 Å². The van der Waals surface area contributed by atoms with Crippen LogP contribution in [0.15, 0.2) is 42.6 Å². The van der Waals surface area contributed by atoms with E-state index < -0.39 is 0 Å². The average Bonchev–Trinajstić information content (AvgIpc) is 2.60. The topological polar surface area (TPSA) is 72.5 Å². The molecule has 134 valence electrons. The molecule has 2 N–H and O–H groups in total. The monoisotopic (exact) mass is 343 g/mol. The molecule has 0 spiro atoms. The molecule has 0 unspecified atom stereocenters. The van der Waals surface area contributed by atoms with Gasteiger partial charge in [0.15, 0.2) is 0 Å². The lowest BCUT2D eigenvalue weighted by molar-refractivity contribution is 0.0943. The lowest BCUT2D eigenvalue weighted by Crippen LogP contribution is -2.26. The Hall–Kier alpha value is -2.60. The zero-order valence-electron chi connectivity index (χ0n) is 14.9. The number of benzene rings is 1. The number of hydrogen-bond acceptors (Lipinski definition) is 5. The van der Waals surface area contributed by atoms with E-state index in [0.717, 1.165) is 23.5 Å². The van der Waals surface area contributed by atoms with Crippen LogP contribution in [0.3, 0.4) is 0 Å². The Morgan fingerprint density at radius 3 is 2.68 bits per heavy atom. The molecule has 1 heterocycles. The van der Waals surface area contributed by atoms with Crippen LogP contribution < -0.4 is 15.4 Å². The van der Waals surface area contributed by atoms with Crippen molar-refractivity contribution in [2.45, 2.75) is 26.4 Å². The van der Waals surface area contributed by atoms with Gasteiger partial charge in [0.25, 0.3) is 5.91 Å². The molecule has 0 atom stereocenters. The number of carbonyl (C=O) groups excluding carboxylic acids is 1. The van der Waals surface area contributed by atoms with Crippen LogP contribution in [0.5, 0.6) is 5.75 Å². The zero-order valence-corrected chi connectivity index (χ0v) is 14.9. The van der Waals surface area contributed by atoms with E-state index in [2.05, 4.69) is 15.6 Å². The summed E-state index contributed by atoms with van der Waals surface area (Å²) in [5.74, 6) is 0.587. The highest BCUT2D eigenvalue weighted by molar-refractivity contribution is 5.92. The summed E-state index contributed by atoms with van der Waals surface area (Å²) in [6, 6.07) is 11.2. The first-order valence-electron chi connectivity index (χ1n) is 8.36. The van der Waals surface area contributed by atoms with E-state index >= 15 is 0 Å². The maximum absolute atomic E-state index is 12.0. The van der Waals surface area contributed by atoms with Crippen LogP contribution in [0.2, 0.25) is 0 Å². The molecule has 2 rings (SSSR count). The van der Waals surface area contributed by atoms with Crippen LogP contribution in [-0.2, 0) is 4.74 Å². The summed E-state index contributed by atoms with van der Waals surface area (Å²) in [6.07, 6.45) is 2.50. The molecule has 25 heavy (non-hydrogen) atoms. The Balaban J connectivity index is 1.98. The molecule has 6 heteroatoms. The van der Waals surface area contributed by atoms with Crippen molar-refractivity contribution >= 4 is 17.3 Å². The first-order chi connectivity index (χ1) is 12.1. The summed E-state index contributed by atoms with van der Waals surface area (Å²) in [5, 5.41) is 6.08. The predicted octanol–water partition coefficient (Wildman–Crippen LogP) is 3.38.